The minimum absolute atomic E-state index is 0. The number of hydrogen-bond donors (Lipinski definition) is 1. The van der Waals surface area contributed by atoms with Crippen LogP contribution in [0, 0.1) is 0 Å². The molecule has 0 unspecified atom stereocenters. The fourth-order valence-electron chi connectivity index (χ4n) is 1.29. The molecule has 1 aromatic rings. The van der Waals surface area contributed by atoms with E-state index in [9.17, 15) is 5.11 Å². The van der Waals surface area contributed by atoms with Crippen molar-refractivity contribution in [1.82, 2.24) is 0 Å². The van der Waals surface area contributed by atoms with Gasteiger partial charge in [-0.2, -0.15) is 0 Å². The normalized spacial score (nSPS) is 9.31. The first-order chi connectivity index (χ1) is 5.84. The third kappa shape index (κ3) is 4.13. The molecule has 0 atom stereocenters. The Balaban J connectivity index is 0.00000144. The quantitative estimate of drug-likeness (QED) is 0.574. The van der Waals surface area contributed by atoms with Crippen molar-refractivity contribution in [3.63, 3.8) is 0 Å². The lowest BCUT2D eigenvalue weighted by Gasteiger charge is -2.02. The van der Waals surface area contributed by atoms with Gasteiger partial charge in [-0.05, 0) is 35.4 Å². The van der Waals surface area contributed by atoms with Crippen molar-refractivity contribution in [2.75, 3.05) is 0 Å². The van der Waals surface area contributed by atoms with Crippen molar-refractivity contribution in [2.24, 2.45) is 0 Å². The molecule has 0 spiro atoms. The Morgan fingerprint density at radius 3 is 2.46 bits per heavy atom. The third-order valence-electron chi connectivity index (χ3n) is 2.04. The summed E-state index contributed by atoms with van der Waals surface area (Å²) in [7, 11) is 0. The monoisotopic (exact) mass is 196 g/mol. The van der Waals surface area contributed by atoms with Crippen molar-refractivity contribution in [3.05, 3.63) is 29.8 Å². The highest BCUT2D eigenvalue weighted by molar-refractivity contribution is 5.75. The molecule has 1 aromatic carbocycles. The van der Waals surface area contributed by atoms with Gasteiger partial charge in [0.05, 0.1) is 0 Å². The van der Waals surface area contributed by atoms with E-state index in [4.69, 9.17) is 0 Å². The van der Waals surface area contributed by atoms with E-state index in [-0.39, 0.29) is 11.0 Å². The van der Waals surface area contributed by atoms with E-state index in [1.165, 1.54) is 19.3 Å². The summed E-state index contributed by atoms with van der Waals surface area (Å²) in [6, 6.07) is 7.58. The molecule has 0 heterocycles. The fraction of sp³-hybridized carbons (Fsp3) is 0.455. The Morgan fingerprint density at radius 1 is 1.15 bits per heavy atom. The van der Waals surface area contributed by atoms with E-state index >= 15 is 0 Å². The first kappa shape index (κ1) is 12.2. The van der Waals surface area contributed by atoms with Gasteiger partial charge in [0, 0.05) is 0 Å². The molecule has 74 valence electrons. The zero-order valence-electron chi connectivity index (χ0n) is 7.59. The Morgan fingerprint density at radius 2 is 1.85 bits per heavy atom. The Kier molecular flexibility index (Phi) is 6.33. The minimum Gasteiger partial charge on any atom is -0.508 e. The number of rotatable bonds is 4. The summed E-state index contributed by atoms with van der Waals surface area (Å²) in [6.07, 6.45) is 4.65. The van der Waals surface area contributed by atoms with E-state index in [2.05, 4.69) is 6.92 Å². The Bertz CT molecular complexity index is 235. The molecule has 0 radical (unpaired) electrons. The number of aromatic hydroxyl groups is 1. The molecule has 1 rings (SSSR count). The van der Waals surface area contributed by atoms with E-state index < -0.39 is 0 Å². The Hall–Kier alpha value is -0.763. The summed E-state index contributed by atoms with van der Waals surface area (Å²) in [6.45, 7) is 2.19. The lowest BCUT2D eigenvalue weighted by molar-refractivity contribution is 0.466. The zero-order chi connectivity index (χ0) is 8.81. The van der Waals surface area contributed by atoms with Gasteiger partial charge >= 0.3 is 0 Å². The van der Waals surface area contributed by atoms with Gasteiger partial charge in [0.25, 0.3) is 0 Å². The third-order valence-corrected chi connectivity index (χ3v) is 2.04. The van der Waals surface area contributed by atoms with Gasteiger partial charge in [-0.3, -0.25) is 0 Å². The summed E-state index contributed by atoms with van der Waals surface area (Å²) in [4.78, 5) is 0. The van der Waals surface area contributed by atoms with Crippen LogP contribution in [0.4, 0.5) is 0 Å². The van der Waals surface area contributed by atoms with Crippen molar-refractivity contribution in [1.29, 1.82) is 0 Å². The number of hydrogen-bond acceptors (Lipinski definition) is 1. The van der Waals surface area contributed by atoms with Crippen LogP contribution in [0.15, 0.2) is 24.3 Å². The first-order valence-electron chi connectivity index (χ1n) is 4.61. The van der Waals surface area contributed by atoms with E-state index in [0.717, 1.165) is 12.0 Å². The van der Waals surface area contributed by atoms with E-state index in [1.54, 1.807) is 6.07 Å². The minimum atomic E-state index is 0. The first-order valence-corrected chi connectivity index (χ1v) is 4.61. The lowest BCUT2D eigenvalue weighted by Crippen LogP contribution is -1.85. The van der Waals surface area contributed by atoms with Crippen molar-refractivity contribution in [3.8, 4) is 5.75 Å². The van der Waals surface area contributed by atoms with E-state index in [0.29, 0.717) is 5.75 Å². The van der Waals surface area contributed by atoms with Gasteiger partial charge in [-0.1, -0.05) is 38.0 Å². The summed E-state index contributed by atoms with van der Waals surface area (Å²) in [5, 5.41) is 9.41. The second-order valence-corrected chi connectivity index (χ2v) is 3.09. The van der Waals surface area contributed by atoms with Crippen LogP contribution in [-0.2, 0) is 6.42 Å². The average molecular weight is 196 g/mol. The fourth-order valence-corrected chi connectivity index (χ4v) is 1.29. The number of unbranched alkanes of at least 4 members (excludes halogenated alkanes) is 2. The number of benzene rings is 1. The van der Waals surface area contributed by atoms with Crippen LogP contribution in [0.1, 0.15) is 31.7 Å². The highest BCUT2D eigenvalue weighted by atomic mass is 28.1. The van der Waals surface area contributed by atoms with Crippen molar-refractivity contribution >= 4 is 11.0 Å². The van der Waals surface area contributed by atoms with Gasteiger partial charge in [0.1, 0.15) is 5.75 Å². The van der Waals surface area contributed by atoms with Crippen LogP contribution in [0.2, 0.25) is 0 Å². The van der Waals surface area contributed by atoms with Crippen LogP contribution in [0.3, 0.4) is 0 Å². The van der Waals surface area contributed by atoms with Crippen LogP contribution >= 0.6 is 0 Å². The zero-order valence-corrected chi connectivity index (χ0v) is 7.59. The molecule has 2 heteroatoms. The van der Waals surface area contributed by atoms with Crippen LogP contribution < -0.4 is 0 Å². The second kappa shape index (κ2) is 6.72. The largest absolute Gasteiger partial charge is 0.508 e. The maximum Gasteiger partial charge on any atom is 0.118 e. The molecule has 0 aliphatic heterocycles. The van der Waals surface area contributed by atoms with Gasteiger partial charge in [-0.15, -0.1) is 0 Å². The van der Waals surface area contributed by atoms with Gasteiger partial charge in [-0.25, -0.2) is 0 Å². The summed E-state index contributed by atoms with van der Waals surface area (Å²) in [5.41, 5.74) is 1.07. The molecule has 1 N–H and O–H groups in total. The molecule has 0 amide bonds. The second-order valence-electron chi connectivity index (χ2n) is 3.09. The lowest BCUT2D eigenvalue weighted by atomic mass is 10.1. The van der Waals surface area contributed by atoms with Crippen molar-refractivity contribution < 1.29 is 5.11 Å². The van der Waals surface area contributed by atoms with Crippen molar-refractivity contribution in [2.45, 2.75) is 32.6 Å². The standard InChI is InChI=1S/C11H16O.H4Si/c1-2-3-4-7-10-8-5-6-9-11(10)12;/h5-6,8-9,12H,2-4,7H2,1H3;1H4. The number of phenolic OH excluding ortho intramolecular Hbond substituents is 1. The highest BCUT2D eigenvalue weighted by Crippen LogP contribution is 2.17. The topological polar surface area (TPSA) is 20.2 Å². The maximum atomic E-state index is 9.41. The van der Waals surface area contributed by atoms with Crippen LogP contribution in [-0.4, -0.2) is 16.1 Å². The summed E-state index contributed by atoms with van der Waals surface area (Å²) in [5.74, 6) is 0.439. The molecule has 0 bridgehead atoms. The van der Waals surface area contributed by atoms with Crippen LogP contribution in [0.25, 0.3) is 0 Å². The summed E-state index contributed by atoms with van der Waals surface area (Å²) < 4.78 is 0. The van der Waals surface area contributed by atoms with Gasteiger partial charge in [0.15, 0.2) is 0 Å². The predicted molar refractivity (Wildman–Crippen MR) is 62.7 cm³/mol. The maximum absolute atomic E-state index is 9.41. The molecular weight excluding hydrogens is 176 g/mol. The Labute approximate surface area is 84.8 Å². The number of phenols is 1. The average Bonchev–Trinajstić information content (AvgIpc) is 2.09. The molecule has 0 fully saturated rings. The van der Waals surface area contributed by atoms with Crippen LogP contribution in [0.5, 0.6) is 5.75 Å². The molecule has 0 aliphatic carbocycles. The smallest absolute Gasteiger partial charge is 0.118 e. The SMILES string of the molecule is CCCCCc1ccccc1O.[SiH4]. The molecule has 0 aliphatic rings. The van der Waals surface area contributed by atoms with Gasteiger partial charge < -0.3 is 5.11 Å². The molecule has 1 nitrogen and oxygen atoms in total. The molecule has 13 heavy (non-hydrogen) atoms. The van der Waals surface area contributed by atoms with E-state index in [1.807, 2.05) is 18.2 Å². The molecule has 0 aromatic heterocycles. The summed E-state index contributed by atoms with van der Waals surface area (Å²) >= 11 is 0. The predicted octanol–water partition coefficient (Wildman–Crippen LogP) is 1.67. The highest BCUT2D eigenvalue weighted by Gasteiger charge is 1.97. The molecular formula is C11H20OSi. The number of aryl methyl sites for hydroxylation is 1. The number of para-hydroxylation sites is 1. The molecule has 0 saturated heterocycles. The van der Waals surface area contributed by atoms with Gasteiger partial charge in [0.2, 0.25) is 0 Å². The molecule has 0 saturated carbocycles.